The maximum Gasteiger partial charge on any atom is 0.0752 e. The van der Waals surface area contributed by atoms with Crippen LogP contribution < -0.4 is 5.32 Å². The molecule has 14 heavy (non-hydrogen) atoms. The zero-order valence-corrected chi connectivity index (χ0v) is 9.46. The molecule has 1 saturated carbocycles. The Hall–Kier alpha value is -0.340. The number of nitrogens with one attached hydrogen (secondary N) is 1. The zero-order valence-electron chi connectivity index (χ0n) is 9.46. The number of hydrogen-bond donors (Lipinski definition) is 1. The van der Waals surface area contributed by atoms with Crippen LogP contribution in [0.2, 0.25) is 0 Å². The van der Waals surface area contributed by atoms with Crippen LogP contribution in [0.15, 0.2) is 12.7 Å². The lowest BCUT2D eigenvalue weighted by atomic mass is 10.0. The minimum Gasteiger partial charge on any atom is -0.380 e. The molecule has 1 rings (SSSR count). The fourth-order valence-electron chi connectivity index (χ4n) is 2.05. The Labute approximate surface area is 87.7 Å². The van der Waals surface area contributed by atoms with Gasteiger partial charge in [-0.25, -0.2) is 0 Å². The molecule has 0 radical (unpaired) electrons. The fourth-order valence-corrected chi connectivity index (χ4v) is 2.05. The molecule has 2 heteroatoms. The number of rotatable bonds is 8. The van der Waals surface area contributed by atoms with Gasteiger partial charge in [0.05, 0.1) is 6.10 Å². The molecule has 1 fully saturated rings. The molecular formula is C12H23NO. The molecule has 82 valence electrons. The summed E-state index contributed by atoms with van der Waals surface area (Å²) < 4.78 is 5.59. The summed E-state index contributed by atoms with van der Waals surface area (Å²) in [7, 11) is 1.83. The normalized spacial score (nSPS) is 20.4. The van der Waals surface area contributed by atoms with Crippen molar-refractivity contribution in [2.75, 3.05) is 13.7 Å². The molecular weight excluding hydrogens is 174 g/mol. The molecule has 0 bridgehead atoms. The van der Waals surface area contributed by atoms with Crippen molar-refractivity contribution in [1.82, 2.24) is 5.32 Å². The van der Waals surface area contributed by atoms with Gasteiger partial charge in [0, 0.05) is 13.2 Å². The molecule has 2 unspecified atom stereocenters. The summed E-state index contributed by atoms with van der Waals surface area (Å²) in [6, 6.07) is 0.510. The Bertz CT molecular complexity index is 166. The van der Waals surface area contributed by atoms with E-state index < -0.39 is 0 Å². The summed E-state index contributed by atoms with van der Waals surface area (Å²) in [5.41, 5.74) is 0. The third kappa shape index (κ3) is 3.43. The second-order valence-corrected chi connectivity index (χ2v) is 4.07. The number of allylic oxidation sites excluding steroid dienone is 1. The highest BCUT2D eigenvalue weighted by Crippen LogP contribution is 2.36. The third-order valence-electron chi connectivity index (χ3n) is 2.90. The average molecular weight is 197 g/mol. The van der Waals surface area contributed by atoms with Crippen molar-refractivity contribution in [1.29, 1.82) is 0 Å². The monoisotopic (exact) mass is 197 g/mol. The van der Waals surface area contributed by atoms with Crippen LogP contribution in [-0.2, 0) is 4.74 Å². The van der Waals surface area contributed by atoms with Crippen molar-refractivity contribution in [3.05, 3.63) is 12.7 Å². The molecule has 2 atom stereocenters. The largest absolute Gasteiger partial charge is 0.380 e. The number of likely N-dealkylation sites (N-methyl/N-ethyl adjacent to an activating group) is 1. The minimum atomic E-state index is 0.412. The smallest absolute Gasteiger partial charge is 0.0752 e. The molecule has 2 nitrogen and oxygen atoms in total. The Morgan fingerprint density at radius 2 is 2.29 bits per heavy atom. The van der Waals surface area contributed by atoms with Gasteiger partial charge in [-0.15, -0.1) is 6.58 Å². The van der Waals surface area contributed by atoms with Gasteiger partial charge in [0.1, 0.15) is 0 Å². The van der Waals surface area contributed by atoms with E-state index in [1.165, 1.54) is 12.8 Å². The van der Waals surface area contributed by atoms with Crippen LogP contribution >= 0.6 is 0 Å². The van der Waals surface area contributed by atoms with Crippen LogP contribution in [0.25, 0.3) is 0 Å². The second-order valence-electron chi connectivity index (χ2n) is 4.07. The van der Waals surface area contributed by atoms with E-state index in [4.69, 9.17) is 4.74 Å². The van der Waals surface area contributed by atoms with Crippen LogP contribution in [-0.4, -0.2) is 25.8 Å². The Kier molecular flexibility index (Phi) is 5.20. The average Bonchev–Trinajstić information content (AvgIpc) is 2.99. The molecule has 0 amide bonds. The van der Waals surface area contributed by atoms with Gasteiger partial charge in [-0.1, -0.05) is 13.0 Å². The summed E-state index contributed by atoms with van der Waals surface area (Å²) in [4.78, 5) is 0. The van der Waals surface area contributed by atoms with E-state index in [0.717, 1.165) is 25.3 Å². The Morgan fingerprint density at radius 1 is 1.57 bits per heavy atom. The van der Waals surface area contributed by atoms with Crippen molar-refractivity contribution in [3.63, 3.8) is 0 Å². The Morgan fingerprint density at radius 3 is 2.71 bits per heavy atom. The molecule has 1 aliphatic carbocycles. The van der Waals surface area contributed by atoms with Crippen molar-refractivity contribution in [2.24, 2.45) is 5.92 Å². The summed E-state index contributed by atoms with van der Waals surface area (Å²) in [6.07, 6.45) is 7.30. The third-order valence-corrected chi connectivity index (χ3v) is 2.90. The highest BCUT2D eigenvalue weighted by molar-refractivity contribution is 4.91. The van der Waals surface area contributed by atoms with E-state index in [1.54, 1.807) is 0 Å². The number of ether oxygens (including phenoxy) is 1. The maximum atomic E-state index is 5.59. The highest BCUT2D eigenvalue weighted by Gasteiger charge is 2.35. The van der Waals surface area contributed by atoms with Gasteiger partial charge in [0.2, 0.25) is 0 Å². The highest BCUT2D eigenvalue weighted by atomic mass is 16.5. The van der Waals surface area contributed by atoms with E-state index in [-0.39, 0.29) is 0 Å². The molecule has 1 aliphatic rings. The van der Waals surface area contributed by atoms with Crippen molar-refractivity contribution < 1.29 is 4.74 Å². The van der Waals surface area contributed by atoms with Gasteiger partial charge in [-0.2, -0.15) is 0 Å². The van der Waals surface area contributed by atoms with Gasteiger partial charge < -0.3 is 10.1 Å². The summed E-state index contributed by atoms with van der Waals surface area (Å²) in [5, 5.41) is 3.52. The predicted molar refractivity (Wildman–Crippen MR) is 60.4 cm³/mol. The van der Waals surface area contributed by atoms with Gasteiger partial charge in [0.25, 0.3) is 0 Å². The Balaban J connectivity index is 2.39. The predicted octanol–water partition coefficient (Wildman–Crippen LogP) is 2.36. The first-order valence-electron chi connectivity index (χ1n) is 5.70. The van der Waals surface area contributed by atoms with Gasteiger partial charge >= 0.3 is 0 Å². The van der Waals surface area contributed by atoms with Gasteiger partial charge in [0.15, 0.2) is 0 Å². The molecule has 0 saturated heterocycles. The van der Waals surface area contributed by atoms with E-state index >= 15 is 0 Å². The fraction of sp³-hybridized carbons (Fsp3) is 0.833. The molecule has 0 heterocycles. The SMILES string of the molecule is C=CCCC(NCC)C(OC)C1CC1. The van der Waals surface area contributed by atoms with Crippen molar-refractivity contribution in [3.8, 4) is 0 Å². The summed E-state index contributed by atoms with van der Waals surface area (Å²) >= 11 is 0. The first kappa shape index (κ1) is 11.7. The standard InChI is InChI=1S/C12H23NO/c1-4-6-7-11(13-5-2)12(14-3)10-8-9-10/h4,10-13H,1,5-9H2,2-3H3. The van der Waals surface area contributed by atoms with Crippen molar-refractivity contribution >= 4 is 0 Å². The molecule has 1 N–H and O–H groups in total. The molecule has 0 aromatic heterocycles. The summed E-state index contributed by atoms with van der Waals surface area (Å²) in [5.74, 6) is 0.800. The van der Waals surface area contributed by atoms with Crippen LogP contribution in [0.5, 0.6) is 0 Å². The van der Waals surface area contributed by atoms with Gasteiger partial charge in [-0.3, -0.25) is 0 Å². The quantitative estimate of drug-likeness (QED) is 0.603. The van der Waals surface area contributed by atoms with E-state index in [9.17, 15) is 0 Å². The topological polar surface area (TPSA) is 21.3 Å². The van der Waals surface area contributed by atoms with Crippen LogP contribution in [0.3, 0.4) is 0 Å². The lowest BCUT2D eigenvalue weighted by Gasteiger charge is -2.26. The maximum absolute atomic E-state index is 5.59. The lowest BCUT2D eigenvalue weighted by Crippen LogP contribution is -2.42. The van der Waals surface area contributed by atoms with E-state index in [0.29, 0.717) is 12.1 Å². The summed E-state index contributed by atoms with van der Waals surface area (Å²) in [6.45, 7) is 6.95. The van der Waals surface area contributed by atoms with Gasteiger partial charge in [-0.05, 0) is 38.1 Å². The van der Waals surface area contributed by atoms with Crippen LogP contribution in [0.4, 0.5) is 0 Å². The number of methoxy groups -OCH3 is 1. The van der Waals surface area contributed by atoms with E-state index in [2.05, 4.69) is 18.8 Å². The molecule has 0 aromatic rings. The minimum absolute atomic E-state index is 0.412. The second kappa shape index (κ2) is 6.20. The first-order chi connectivity index (χ1) is 6.83. The van der Waals surface area contributed by atoms with Crippen LogP contribution in [0, 0.1) is 5.92 Å². The molecule has 0 spiro atoms. The molecule has 0 aliphatic heterocycles. The zero-order chi connectivity index (χ0) is 10.4. The molecule has 0 aromatic carbocycles. The van der Waals surface area contributed by atoms with Crippen molar-refractivity contribution in [2.45, 2.75) is 44.8 Å². The first-order valence-corrected chi connectivity index (χ1v) is 5.70. The van der Waals surface area contributed by atoms with E-state index in [1.807, 2.05) is 13.2 Å². The van der Waals surface area contributed by atoms with Crippen LogP contribution in [0.1, 0.15) is 32.6 Å². The number of hydrogen-bond acceptors (Lipinski definition) is 2. The lowest BCUT2D eigenvalue weighted by molar-refractivity contribution is 0.0492.